The maximum absolute atomic E-state index is 8.89. The first-order valence-corrected chi connectivity index (χ1v) is 0.908. The van der Waals surface area contributed by atoms with Crippen LogP contribution in [0.1, 0.15) is 6.92 Å². The number of carboxylic acid groups (broad SMARTS) is 1. The van der Waals surface area contributed by atoms with Crippen LogP contribution in [-0.2, 0) is 4.79 Å². The first-order valence-electron chi connectivity index (χ1n) is 0.908. The van der Waals surface area contributed by atoms with Crippen molar-refractivity contribution in [2.75, 3.05) is 0 Å². The number of hydrogen-bond donors (Lipinski definition) is 1. The van der Waals surface area contributed by atoms with Gasteiger partial charge in [-0.2, -0.15) is 0 Å². The predicted octanol–water partition coefficient (Wildman–Crippen LogP) is -1.63. The summed E-state index contributed by atoms with van der Waals surface area (Å²) in [6.45, 7) is 0.972. The van der Waals surface area contributed by atoms with Crippen molar-refractivity contribution in [2.24, 2.45) is 0 Å². The topological polar surface area (TPSA) is 76.6 Å². The van der Waals surface area contributed by atoms with Gasteiger partial charge in [-0.25, -0.2) is 0 Å². The van der Waals surface area contributed by atoms with Crippen LogP contribution in [0.3, 0.4) is 0 Å². The van der Waals surface area contributed by atoms with Crippen molar-refractivity contribution >= 4 is 65.1 Å². The zero-order chi connectivity index (χ0) is 3.58. The molecule has 0 amide bonds. The fourth-order valence-corrected chi connectivity index (χ4v) is 0. The summed E-state index contributed by atoms with van der Waals surface area (Å²) < 4.78 is 0. The molecule has 0 aromatic heterocycles. The van der Waals surface area contributed by atoms with E-state index in [2.05, 4.69) is 0 Å². The van der Waals surface area contributed by atoms with Gasteiger partial charge in [-0.3, -0.25) is 0 Å². The second-order valence-corrected chi connectivity index (χ2v) is 0.492. The summed E-state index contributed by atoms with van der Waals surface area (Å²) in [5, 5.41) is 8.89. The van der Waals surface area contributed by atoms with Crippen molar-refractivity contribution in [3.05, 3.63) is 0 Å². The maximum Gasteiger partial charge on any atom is 0.0383 e. The first kappa shape index (κ1) is 23.7. The molecule has 0 aliphatic heterocycles. The average Bonchev–Trinajstić information content (AvgIpc) is 0.811. The van der Waals surface area contributed by atoms with Crippen molar-refractivity contribution in [3.63, 3.8) is 0 Å². The smallest absolute Gasteiger partial charge is 0.0383 e. The Hall–Kier alpha value is 1.43. The molecule has 0 aromatic rings. The Morgan fingerprint density at radius 3 is 1.43 bits per heavy atom. The second kappa shape index (κ2) is 15.7. The molecule has 2 radical (unpaired) electrons. The Bertz CT molecular complexity index is 36.7. The summed E-state index contributed by atoms with van der Waals surface area (Å²) in [6, 6.07) is 0. The Kier molecular flexibility index (Phi) is 53.0. The van der Waals surface area contributed by atoms with Crippen LogP contribution in [0.5, 0.6) is 0 Å². The van der Waals surface area contributed by atoms with Gasteiger partial charge in [-0.1, -0.05) is 0 Å². The van der Waals surface area contributed by atoms with Crippen molar-refractivity contribution < 1.29 is 9.90 Å². The molecular formula is C2H7NNa2O2. The van der Waals surface area contributed by atoms with E-state index in [0.717, 1.165) is 6.92 Å². The molecule has 0 aromatic carbocycles. The summed E-state index contributed by atoms with van der Waals surface area (Å²) in [6.07, 6.45) is 0. The molecule has 34 valence electrons. The SMILES string of the molecule is CC(=O)[O-].[NH4+].[Na].[Na]. The minimum absolute atomic E-state index is 0. The predicted molar refractivity (Wildman–Crippen MR) is 28.2 cm³/mol. The molecule has 3 nitrogen and oxygen atoms in total. The van der Waals surface area contributed by atoms with Crippen LogP contribution in [0.15, 0.2) is 0 Å². The number of hydrogen-bond acceptors (Lipinski definition) is 2. The zero-order valence-corrected chi connectivity index (χ0v) is 9.32. The second-order valence-electron chi connectivity index (χ2n) is 0.492. The normalized spacial score (nSPS) is 3.57. The molecule has 0 aliphatic carbocycles. The quantitative estimate of drug-likeness (QED) is 0.392. The van der Waals surface area contributed by atoms with Gasteiger partial charge in [0.2, 0.25) is 0 Å². The summed E-state index contributed by atoms with van der Waals surface area (Å²) in [5.41, 5.74) is 0. The van der Waals surface area contributed by atoms with Crippen molar-refractivity contribution in [3.8, 4) is 0 Å². The maximum atomic E-state index is 8.89. The van der Waals surface area contributed by atoms with Crippen LogP contribution in [-0.4, -0.2) is 65.1 Å². The van der Waals surface area contributed by atoms with Crippen molar-refractivity contribution in [1.29, 1.82) is 0 Å². The summed E-state index contributed by atoms with van der Waals surface area (Å²) >= 11 is 0. The standard InChI is InChI=1S/C2H4O2.H3N.2Na/c1-2(3)4;;;/h1H3,(H,3,4);1H3;;. The van der Waals surface area contributed by atoms with Gasteiger partial charge in [0.15, 0.2) is 0 Å². The van der Waals surface area contributed by atoms with E-state index in [1.54, 1.807) is 0 Å². The Labute approximate surface area is 87.0 Å². The monoisotopic (exact) mass is 123 g/mol. The van der Waals surface area contributed by atoms with Crippen LogP contribution in [0.25, 0.3) is 0 Å². The number of carbonyl (C=O) groups is 1. The van der Waals surface area contributed by atoms with Gasteiger partial charge < -0.3 is 16.1 Å². The first-order chi connectivity index (χ1) is 1.73. The van der Waals surface area contributed by atoms with E-state index in [-0.39, 0.29) is 65.3 Å². The van der Waals surface area contributed by atoms with Crippen LogP contribution < -0.4 is 11.3 Å². The fraction of sp³-hybridized carbons (Fsp3) is 0.500. The zero-order valence-electron chi connectivity index (χ0n) is 5.32. The fourth-order valence-electron chi connectivity index (χ4n) is 0. The molecule has 0 atom stereocenters. The van der Waals surface area contributed by atoms with Crippen LogP contribution in [0.4, 0.5) is 0 Å². The van der Waals surface area contributed by atoms with Gasteiger partial charge in [-0.15, -0.1) is 0 Å². The van der Waals surface area contributed by atoms with Gasteiger partial charge in [0.25, 0.3) is 0 Å². The largest absolute Gasteiger partial charge is 0.550 e. The van der Waals surface area contributed by atoms with Gasteiger partial charge in [0, 0.05) is 65.1 Å². The van der Waals surface area contributed by atoms with Crippen molar-refractivity contribution in [1.82, 2.24) is 6.15 Å². The molecular weight excluding hydrogens is 116 g/mol. The molecule has 0 aliphatic rings. The van der Waals surface area contributed by atoms with Crippen LogP contribution >= 0.6 is 0 Å². The molecule has 4 N–H and O–H groups in total. The minimum atomic E-state index is -1.08. The van der Waals surface area contributed by atoms with Crippen LogP contribution in [0, 0.1) is 0 Å². The van der Waals surface area contributed by atoms with E-state index in [9.17, 15) is 0 Å². The molecule has 0 rings (SSSR count). The van der Waals surface area contributed by atoms with Gasteiger partial charge in [-0.05, 0) is 6.92 Å². The Morgan fingerprint density at radius 1 is 1.43 bits per heavy atom. The van der Waals surface area contributed by atoms with E-state index in [1.807, 2.05) is 0 Å². The number of carboxylic acids is 1. The number of rotatable bonds is 0. The minimum Gasteiger partial charge on any atom is -0.550 e. The molecule has 0 fully saturated rings. The van der Waals surface area contributed by atoms with E-state index < -0.39 is 5.97 Å². The average molecular weight is 123 g/mol. The Morgan fingerprint density at radius 2 is 1.43 bits per heavy atom. The number of carbonyl (C=O) groups excluding carboxylic acids is 1. The van der Waals surface area contributed by atoms with E-state index in [1.165, 1.54) is 0 Å². The summed E-state index contributed by atoms with van der Waals surface area (Å²) in [5.74, 6) is -1.08. The molecule has 0 saturated heterocycles. The van der Waals surface area contributed by atoms with Gasteiger partial charge in [0.1, 0.15) is 0 Å². The third-order valence-electron chi connectivity index (χ3n) is 0. The molecule has 5 heteroatoms. The third-order valence-corrected chi connectivity index (χ3v) is 0. The van der Waals surface area contributed by atoms with Crippen LogP contribution in [0.2, 0.25) is 0 Å². The molecule has 0 spiro atoms. The molecule has 7 heavy (non-hydrogen) atoms. The molecule has 0 saturated carbocycles. The van der Waals surface area contributed by atoms with E-state index in [4.69, 9.17) is 9.90 Å². The number of aliphatic carboxylic acids is 1. The summed E-state index contributed by atoms with van der Waals surface area (Å²) in [7, 11) is 0. The Balaban J connectivity index is -0.0000000150. The molecule has 0 heterocycles. The molecule has 0 unspecified atom stereocenters. The van der Waals surface area contributed by atoms with Crippen molar-refractivity contribution in [2.45, 2.75) is 6.92 Å². The summed E-state index contributed by atoms with van der Waals surface area (Å²) in [4.78, 5) is 8.89. The van der Waals surface area contributed by atoms with E-state index in [0.29, 0.717) is 0 Å². The third kappa shape index (κ3) is 107. The number of quaternary nitrogens is 1. The van der Waals surface area contributed by atoms with E-state index >= 15 is 0 Å². The molecule has 0 bridgehead atoms. The van der Waals surface area contributed by atoms with Gasteiger partial charge in [0.05, 0.1) is 0 Å². The van der Waals surface area contributed by atoms with Gasteiger partial charge >= 0.3 is 0 Å².